The lowest BCUT2D eigenvalue weighted by molar-refractivity contribution is -0.107. The number of benzene rings is 1. The van der Waals surface area contributed by atoms with Gasteiger partial charge in [-0.15, -0.1) is 12.4 Å². The molecule has 128 valence electrons. The Morgan fingerprint density at radius 1 is 1.20 bits per heavy atom. The van der Waals surface area contributed by atoms with Crippen molar-refractivity contribution in [2.75, 3.05) is 5.32 Å². The zero-order valence-electron chi connectivity index (χ0n) is 13.4. The molecular formula is C18H16ClFN4O. The first-order valence-electron chi connectivity index (χ1n) is 7.41. The number of rotatable bonds is 5. The van der Waals surface area contributed by atoms with Crippen LogP contribution >= 0.6 is 12.4 Å². The maximum absolute atomic E-state index is 14.0. The topological polar surface area (TPSA) is 67.8 Å². The van der Waals surface area contributed by atoms with Gasteiger partial charge >= 0.3 is 0 Å². The van der Waals surface area contributed by atoms with Crippen LogP contribution in [-0.2, 0) is 11.2 Å². The van der Waals surface area contributed by atoms with Gasteiger partial charge in [-0.05, 0) is 36.8 Å². The van der Waals surface area contributed by atoms with Crippen molar-refractivity contribution in [2.45, 2.75) is 13.3 Å². The zero-order chi connectivity index (χ0) is 16.9. The van der Waals surface area contributed by atoms with Crippen LogP contribution in [0.15, 0.2) is 48.8 Å². The number of halogens is 2. The number of aldehydes is 1. The number of pyridine rings is 1. The van der Waals surface area contributed by atoms with Crippen LogP contribution in [-0.4, -0.2) is 21.2 Å². The quantitative estimate of drug-likeness (QED) is 0.701. The lowest BCUT2D eigenvalue weighted by Gasteiger charge is -2.10. The van der Waals surface area contributed by atoms with Crippen molar-refractivity contribution in [3.8, 4) is 11.4 Å². The largest absolute Gasteiger partial charge is 0.338 e. The SMILES string of the molecule is Cc1cc(Nc2cc(CC=O)ccc2F)nc(-c2cccnc2)n1.Cl. The lowest BCUT2D eigenvalue weighted by Crippen LogP contribution is -2.01. The summed E-state index contributed by atoms with van der Waals surface area (Å²) in [6.45, 7) is 1.84. The van der Waals surface area contributed by atoms with Crippen LogP contribution in [0.2, 0.25) is 0 Å². The van der Waals surface area contributed by atoms with Crippen LogP contribution in [0.1, 0.15) is 11.3 Å². The molecule has 7 heteroatoms. The van der Waals surface area contributed by atoms with E-state index in [1.165, 1.54) is 6.07 Å². The standard InChI is InChI=1S/C18H15FN4O.ClH/c1-12-9-17(23-18(21-12)14-3-2-7-20-11-14)22-16-10-13(6-8-24)4-5-15(16)19;/h2-5,7-11H,6H2,1H3,(H,21,22,23);1H. The van der Waals surface area contributed by atoms with Crippen LogP contribution in [0.5, 0.6) is 0 Å². The Kier molecular flexibility index (Phi) is 6.14. The normalized spacial score (nSPS) is 10.0. The molecule has 0 saturated heterocycles. The van der Waals surface area contributed by atoms with E-state index in [4.69, 9.17) is 0 Å². The highest BCUT2D eigenvalue weighted by atomic mass is 35.5. The third-order valence-electron chi connectivity index (χ3n) is 3.39. The molecule has 0 radical (unpaired) electrons. The Bertz CT molecular complexity index is 874. The van der Waals surface area contributed by atoms with E-state index >= 15 is 0 Å². The minimum atomic E-state index is -0.413. The average Bonchev–Trinajstić information content (AvgIpc) is 2.58. The molecule has 3 rings (SSSR count). The number of carbonyl (C=O) groups excluding carboxylic acids is 1. The maximum atomic E-state index is 14.0. The van der Waals surface area contributed by atoms with Crippen molar-refractivity contribution in [3.05, 3.63) is 65.9 Å². The van der Waals surface area contributed by atoms with Crippen LogP contribution in [0, 0.1) is 12.7 Å². The van der Waals surface area contributed by atoms with E-state index < -0.39 is 5.82 Å². The first-order valence-corrected chi connectivity index (χ1v) is 7.41. The molecule has 2 heterocycles. The number of carbonyl (C=O) groups is 1. The van der Waals surface area contributed by atoms with Crippen molar-refractivity contribution in [3.63, 3.8) is 0 Å². The summed E-state index contributed by atoms with van der Waals surface area (Å²) in [6.07, 6.45) is 4.36. The fourth-order valence-electron chi connectivity index (χ4n) is 2.29. The molecule has 0 amide bonds. The predicted molar refractivity (Wildman–Crippen MR) is 96.7 cm³/mol. The van der Waals surface area contributed by atoms with Gasteiger partial charge in [0.15, 0.2) is 5.82 Å². The van der Waals surface area contributed by atoms with E-state index in [0.29, 0.717) is 11.6 Å². The smallest absolute Gasteiger partial charge is 0.163 e. The highest BCUT2D eigenvalue weighted by molar-refractivity contribution is 5.85. The highest BCUT2D eigenvalue weighted by Gasteiger charge is 2.08. The Morgan fingerprint density at radius 2 is 2.04 bits per heavy atom. The first-order chi connectivity index (χ1) is 11.7. The minimum Gasteiger partial charge on any atom is -0.338 e. The first kappa shape index (κ1) is 18.5. The molecule has 0 fully saturated rings. The van der Waals surface area contributed by atoms with Crippen LogP contribution in [0.3, 0.4) is 0 Å². The van der Waals surface area contributed by atoms with Crippen LogP contribution in [0.25, 0.3) is 11.4 Å². The van der Waals surface area contributed by atoms with Gasteiger partial charge in [-0.3, -0.25) is 4.98 Å². The van der Waals surface area contributed by atoms with E-state index in [2.05, 4.69) is 20.3 Å². The van der Waals surface area contributed by atoms with E-state index in [0.717, 1.165) is 23.1 Å². The monoisotopic (exact) mass is 358 g/mol. The summed E-state index contributed by atoms with van der Waals surface area (Å²) in [5, 5.41) is 2.96. The van der Waals surface area contributed by atoms with Gasteiger partial charge in [0, 0.05) is 36.1 Å². The average molecular weight is 359 g/mol. The third-order valence-corrected chi connectivity index (χ3v) is 3.39. The molecular weight excluding hydrogens is 343 g/mol. The van der Waals surface area contributed by atoms with Crippen molar-refractivity contribution in [1.82, 2.24) is 15.0 Å². The number of hydrogen-bond acceptors (Lipinski definition) is 5. The molecule has 0 aliphatic carbocycles. The summed E-state index contributed by atoms with van der Waals surface area (Å²) in [5.74, 6) is 0.572. The molecule has 2 aromatic heterocycles. The molecule has 3 aromatic rings. The molecule has 0 atom stereocenters. The van der Waals surface area contributed by atoms with Crippen molar-refractivity contribution >= 4 is 30.2 Å². The second-order valence-electron chi connectivity index (χ2n) is 5.27. The summed E-state index contributed by atoms with van der Waals surface area (Å²) in [4.78, 5) is 23.5. The molecule has 0 unspecified atom stereocenters. The van der Waals surface area contributed by atoms with Crippen LogP contribution in [0.4, 0.5) is 15.9 Å². The van der Waals surface area contributed by atoms with Crippen molar-refractivity contribution < 1.29 is 9.18 Å². The number of nitrogens with one attached hydrogen (secondary N) is 1. The fourth-order valence-corrected chi connectivity index (χ4v) is 2.29. The lowest BCUT2D eigenvalue weighted by atomic mass is 10.1. The molecule has 0 saturated carbocycles. The predicted octanol–water partition coefficient (Wildman–Crippen LogP) is 3.89. The molecule has 0 aliphatic rings. The minimum absolute atomic E-state index is 0. The number of hydrogen-bond donors (Lipinski definition) is 1. The van der Waals surface area contributed by atoms with E-state index in [-0.39, 0.29) is 24.5 Å². The van der Waals surface area contributed by atoms with Crippen LogP contribution < -0.4 is 5.32 Å². The molecule has 5 nitrogen and oxygen atoms in total. The summed E-state index contributed by atoms with van der Waals surface area (Å²) in [7, 11) is 0. The summed E-state index contributed by atoms with van der Waals surface area (Å²) in [6, 6.07) is 9.91. The molecule has 0 aliphatic heterocycles. The highest BCUT2D eigenvalue weighted by Crippen LogP contribution is 2.23. The summed E-state index contributed by atoms with van der Waals surface area (Å²) in [5.41, 5.74) is 2.52. The molecule has 0 spiro atoms. The second-order valence-corrected chi connectivity index (χ2v) is 5.27. The molecule has 25 heavy (non-hydrogen) atoms. The Hall–Kier alpha value is -2.86. The van der Waals surface area contributed by atoms with Crippen molar-refractivity contribution in [1.29, 1.82) is 0 Å². The Morgan fingerprint density at radius 3 is 2.76 bits per heavy atom. The summed E-state index contributed by atoms with van der Waals surface area (Å²) >= 11 is 0. The maximum Gasteiger partial charge on any atom is 0.163 e. The third kappa shape index (κ3) is 4.58. The zero-order valence-corrected chi connectivity index (χ0v) is 14.3. The van der Waals surface area contributed by atoms with Gasteiger partial charge in [-0.1, -0.05) is 6.07 Å². The summed E-state index contributed by atoms with van der Waals surface area (Å²) < 4.78 is 14.0. The van der Waals surface area contributed by atoms with Gasteiger partial charge in [0.25, 0.3) is 0 Å². The van der Waals surface area contributed by atoms with Gasteiger partial charge in [-0.25, -0.2) is 14.4 Å². The van der Waals surface area contributed by atoms with Crippen molar-refractivity contribution in [2.24, 2.45) is 0 Å². The molecule has 1 N–H and O–H groups in total. The number of anilines is 2. The second kappa shape index (κ2) is 8.30. The molecule has 1 aromatic carbocycles. The van der Waals surface area contributed by atoms with E-state index in [1.54, 1.807) is 36.7 Å². The van der Waals surface area contributed by atoms with Gasteiger partial charge in [0.1, 0.15) is 17.9 Å². The van der Waals surface area contributed by atoms with Gasteiger partial charge in [0.05, 0.1) is 5.69 Å². The van der Waals surface area contributed by atoms with Gasteiger partial charge in [0.2, 0.25) is 0 Å². The number of nitrogens with zero attached hydrogens (tertiary/aromatic N) is 3. The number of aromatic nitrogens is 3. The van der Waals surface area contributed by atoms with E-state index in [9.17, 15) is 9.18 Å². The Balaban J connectivity index is 0.00000225. The van der Waals surface area contributed by atoms with Gasteiger partial charge in [-0.2, -0.15) is 0 Å². The Labute approximate surface area is 150 Å². The number of aryl methyl sites for hydroxylation is 1. The van der Waals surface area contributed by atoms with Gasteiger partial charge < -0.3 is 10.1 Å². The fraction of sp³-hybridized carbons (Fsp3) is 0.111. The molecule has 0 bridgehead atoms. The van der Waals surface area contributed by atoms with E-state index in [1.807, 2.05) is 13.0 Å².